The van der Waals surface area contributed by atoms with Gasteiger partial charge >= 0.3 is 17.9 Å². The summed E-state index contributed by atoms with van der Waals surface area (Å²) in [5.41, 5.74) is 0.155. The highest BCUT2D eigenvalue weighted by molar-refractivity contribution is 5.93. The van der Waals surface area contributed by atoms with Crippen molar-refractivity contribution in [2.24, 2.45) is 0 Å². The molecule has 1 N–H and O–H groups in total. The molecule has 1 aromatic rings. The van der Waals surface area contributed by atoms with E-state index in [1.807, 2.05) is 31.2 Å². The van der Waals surface area contributed by atoms with Crippen molar-refractivity contribution in [3.63, 3.8) is 0 Å². The molecule has 0 aromatic heterocycles. The smallest absolute Gasteiger partial charge is 0.334 e. The molecule has 28 heavy (non-hydrogen) atoms. The number of carbonyl (C=O) groups excluding carboxylic acids is 2. The van der Waals surface area contributed by atoms with Gasteiger partial charge in [-0.15, -0.1) is 0 Å². The summed E-state index contributed by atoms with van der Waals surface area (Å²) in [5.74, 6) is -2.45. The summed E-state index contributed by atoms with van der Waals surface area (Å²) in [6.45, 7) is 5.63. The molecule has 0 unspecified atom stereocenters. The van der Waals surface area contributed by atoms with Gasteiger partial charge < -0.3 is 19.3 Å². The molecule has 0 amide bonds. The molecular weight excluding hydrogens is 364 g/mol. The van der Waals surface area contributed by atoms with E-state index >= 15 is 0 Å². The number of hydrogen-bond acceptors (Lipinski definition) is 6. The van der Waals surface area contributed by atoms with E-state index in [2.05, 4.69) is 6.58 Å². The fourth-order valence-electron chi connectivity index (χ4n) is 3.38. The summed E-state index contributed by atoms with van der Waals surface area (Å²) >= 11 is 0. The third-order valence-corrected chi connectivity index (χ3v) is 5.21. The van der Waals surface area contributed by atoms with Gasteiger partial charge in [-0.25, -0.2) is 4.79 Å². The van der Waals surface area contributed by atoms with Gasteiger partial charge in [-0.2, -0.15) is 0 Å². The summed E-state index contributed by atoms with van der Waals surface area (Å²) in [7, 11) is 0. The highest BCUT2D eigenvalue weighted by Crippen LogP contribution is 2.45. The second kappa shape index (κ2) is 7.75. The van der Waals surface area contributed by atoms with E-state index in [1.165, 1.54) is 0 Å². The minimum atomic E-state index is -1.19. The van der Waals surface area contributed by atoms with Crippen LogP contribution in [0.4, 0.5) is 0 Å². The zero-order chi connectivity index (χ0) is 20.4. The lowest BCUT2D eigenvalue weighted by Crippen LogP contribution is -2.54. The van der Waals surface area contributed by atoms with Crippen LogP contribution in [0.25, 0.3) is 0 Å². The van der Waals surface area contributed by atoms with Crippen molar-refractivity contribution in [2.75, 3.05) is 13.2 Å². The van der Waals surface area contributed by atoms with E-state index in [9.17, 15) is 14.4 Å². The Morgan fingerprint density at radius 3 is 2.25 bits per heavy atom. The molecule has 1 saturated carbocycles. The molecular formula is C21H24O7. The van der Waals surface area contributed by atoms with Crippen LogP contribution >= 0.6 is 0 Å². The first-order valence-electron chi connectivity index (χ1n) is 9.23. The standard InChI is InChI=1S/C21H24O7/c1-14-4-6-16(7-5-14)21(8-3-9-21)27-18(24)10-15(2)19(25)28-20(11-17(22)23)12-26-13-20/h4-7H,2-3,8-13H2,1H3,(H,22,23). The van der Waals surface area contributed by atoms with Crippen LogP contribution in [0, 0.1) is 6.92 Å². The van der Waals surface area contributed by atoms with Crippen molar-refractivity contribution in [1.29, 1.82) is 0 Å². The molecule has 2 fully saturated rings. The Morgan fingerprint density at radius 2 is 1.79 bits per heavy atom. The summed E-state index contributed by atoms with van der Waals surface area (Å²) in [4.78, 5) is 35.6. The Hall–Kier alpha value is -2.67. The molecule has 2 aliphatic rings. The van der Waals surface area contributed by atoms with Gasteiger partial charge in [0.1, 0.15) is 5.60 Å². The Kier molecular flexibility index (Phi) is 5.56. The topological polar surface area (TPSA) is 99.1 Å². The molecule has 150 valence electrons. The maximum absolute atomic E-state index is 12.4. The fourth-order valence-corrected chi connectivity index (χ4v) is 3.38. The lowest BCUT2D eigenvalue weighted by atomic mass is 9.74. The maximum atomic E-state index is 12.4. The summed E-state index contributed by atoms with van der Waals surface area (Å²) < 4.78 is 16.0. The first kappa shape index (κ1) is 20.1. The molecule has 3 rings (SSSR count). The second-order valence-electron chi connectivity index (χ2n) is 7.60. The molecule has 0 atom stereocenters. The summed E-state index contributed by atoms with van der Waals surface area (Å²) in [6, 6.07) is 7.86. The van der Waals surface area contributed by atoms with Crippen molar-refractivity contribution in [1.82, 2.24) is 0 Å². The van der Waals surface area contributed by atoms with Crippen LogP contribution in [-0.2, 0) is 34.2 Å². The van der Waals surface area contributed by atoms with Crippen LogP contribution in [0.3, 0.4) is 0 Å². The zero-order valence-corrected chi connectivity index (χ0v) is 15.9. The molecule has 1 heterocycles. The normalized spacial score (nSPS) is 18.9. The van der Waals surface area contributed by atoms with E-state index in [0.717, 1.165) is 30.4 Å². The van der Waals surface area contributed by atoms with Gasteiger partial charge in [0.2, 0.25) is 0 Å². The molecule has 1 aromatic carbocycles. The minimum absolute atomic E-state index is 0.0132. The highest BCUT2D eigenvalue weighted by atomic mass is 16.6. The number of ether oxygens (including phenoxy) is 3. The molecule has 1 aliphatic heterocycles. The summed E-state index contributed by atoms with van der Waals surface area (Å²) in [5, 5.41) is 8.95. The lowest BCUT2D eigenvalue weighted by Gasteiger charge is -2.41. The second-order valence-corrected chi connectivity index (χ2v) is 7.60. The minimum Gasteiger partial charge on any atom is -0.481 e. The van der Waals surface area contributed by atoms with E-state index in [4.69, 9.17) is 19.3 Å². The van der Waals surface area contributed by atoms with E-state index in [0.29, 0.717) is 0 Å². The highest BCUT2D eigenvalue weighted by Gasteiger charge is 2.46. The number of aliphatic carboxylic acids is 1. The van der Waals surface area contributed by atoms with Gasteiger partial charge in [0.25, 0.3) is 0 Å². The van der Waals surface area contributed by atoms with Gasteiger partial charge in [-0.05, 0) is 31.7 Å². The number of esters is 2. The average molecular weight is 388 g/mol. The third-order valence-electron chi connectivity index (χ3n) is 5.21. The molecule has 0 radical (unpaired) electrons. The van der Waals surface area contributed by atoms with Gasteiger partial charge in [-0.1, -0.05) is 36.4 Å². The number of hydrogen-bond donors (Lipinski definition) is 1. The first-order chi connectivity index (χ1) is 13.2. The Bertz CT molecular complexity index is 785. The lowest BCUT2D eigenvalue weighted by molar-refractivity contribution is -0.214. The molecule has 0 bridgehead atoms. The van der Waals surface area contributed by atoms with Gasteiger partial charge in [0, 0.05) is 5.57 Å². The Labute approximate surface area is 163 Å². The third kappa shape index (κ3) is 4.25. The van der Waals surface area contributed by atoms with Crippen molar-refractivity contribution < 1.29 is 33.7 Å². The molecule has 7 nitrogen and oxygen atoms in total. The largest absolute Gasteiger partial charge is 0.481 e. The SMILES string of the molecule is C=C(CC(=O)OC1(c2ccc(C)cc2)CCC1)C(=O)OC1(CC(=O)O)COC1. The maximum Gasteiger partial charge on any atom is 0.334 e. The molecule has 1 saturated heterocycles. The van der Waals surface area contributed by atoms with Gasteiger partial charge in [0.05, 0.1) is 26.1 Å². The average Bonchev–Trinajstić information content (AvgIpc) is 2.56. The number of rotatable bonds is 8. The molecule has 7 heteroatoms. The van der Waals surface area contributed by atoms with Crippen LogP contribution in [0.15, 0.2) is 36.4 Å². The fraction of sp³-hybridized carbons (Fsp3) is 0.476. The van der Waals surface area contributed by atoms with Gasteiger partial charge in [-0.3, -0.25) is 9.59 Å². The number of carboxylic acid groups (broad SMARTS) is 1. The van der Waals surface area contributed by atoms with Crippen LogP contribution < -0.4 is 0 Å². The van der Waals surface area contributed by atoms with Crippen LogP contribution in [0.1, 0.15) is 43.2 Å². The Morgan fingerprint density at radius 1 is 1.14 bits per heavy atom. The summed E-state index contributed by atoms with van der Waals surface area (Å²) in [6.07, 6.45) is 1.76. The predicted octanol–water partition coefficient (Wildman–Crippen LogP) is 2.65. The molecule has 1 aliphatic carbocycles. The quantitative estimate of drug-likeness (QED) is 0.540. The number of benzene rings is 1. The van der Waals surface area contributed by atoms with E-state index in [1.54, 1.807) is 0 Å². The van der Waals surface area contributed by atoms with Crippen molar-refractivity contribution in [3.8, 4) is 0 Å². The van der Waals surface area contributed by atoms with Gasteiger partial charge in [0.15, 0.2) is 5.60 Å². The van der Waals surface area contributed by atoms with E-state index in [-0.39, 0.29) is 31.6 Å². The number of carboxylic acids is 1. The van der Waals surface area contributed by atoms with E-state index < -0.39 is 29.1 Å². The molecule has 0 spiro atoms. The van der Waals surface area contributed by atoms with Crippen LogP contribution in [0.2, 0.25) is 0 Å². The zero-order valence-electron chi connectivity index (χ0n) is 15.9. The predicted molar refractivity (Wildman–Crippen MR) is 98.5 cm³/mol. The van der Waals surface area contributed by atoms with Crippen molar-refractivity contribution in [2.45, 2.75) is 50.2 Å². The number of aryl methyl sites for hydroxylation is 1. The van der Waals surface area contributed by atoms with Crippen molar-refractivity contribution in [3.05, 3.63) is 47.5 Å². The Balaban J connectivity index is 1.57. The monoisotopic (exact) mass is 388 g/mol. The van der Waals surface area contributed by atoms with Crippen molar-refractivity contribution >= 4 is 17.9 Å². The first-order valence-corrected chi connectivity index (χ1v) is 9.23. The van der Waals surface area contributed by atoms with Crippen LogP contribution in [0.5, 0.6) is 0 Å². The number of carbonyl (C=O) groups is 3. The van der Waals surface area contributed by atoms with Crippen LogP contribution in [-0.4, -0.2) is 41.8 Å².